The molecule has 1 N–H and O–H groups in total. The zero-order chi connectivity index (χ0) is 15.9. The fraction of sp³-hybridized carbons (Fsp3) is 0.500. The predicted octanol–water partition coefficient (Wildman–Crippen LogP) is 1.52. The van der Waals surface area contributed by atoms with Crippen LogP contribution in [0.2, 0.25) is 0 Å². The fourth-order valence-electron chi connectivity index (χ4n) is 1.87. The molecule has 0 aliphatic rings. The Kier molecular flexibility index (Phi) is 6.80. The molecule has 0 saturated heterocycles. The first-order valence-electron chi connectivity index (χ1n) is 6.52. The molecule has 1 aromatic rings. The maximum atomic E-state index is 12.2. The number of aromatic carboxylic acids is 1. The zero-order valence-electron chi connectivity index (χ0n) is 12.2. The molecule has 0 aliphatic carbocycles. The van der Waals surface area contributed by atoms with Crippen LogP contribution in [0.5, 0.6) is 0 Å². The predicted molar refractivity (Wildman–Crippen MR) is 77.5 cm³/mol. The van der Waals surface area contributed by atoms with E-state index in [1.807, 2.05) is 0 Å². The zero-order valence-corrected chi connectivity index (χ0v) is 13.0. The van der Waals surface area contributed by atoms with Crippen LogP contribution in [0.1, 0.15) is 22.3 Å². The van der Waals surface area contributed by atoms with Crippen LogP contribution in [0.4, 0.5) is 0 Å². The third-order valence-electron chi connectivity index (χ3n) is 2.98. The second-order valence-electron chi connectivity index (χ2n) is 4.51. The Bertz CT molecular complexity index is 579. The minimum Gasteiger partial charge on any atom is -0.478 e. The minimum absolute atomic E-state index is 0.00270. The molecule has 0 unspecified atom stereocenters. The van der Waals surface area contributed by atoms with Gasteiger partial charge in [-0.25, -0.2) is 13.2 Å². The van der Waals surface area contributed by atoms with E-state index < -0.39 is 15.8 Å². The summed E-state index contributed by atoms with van der Waals surface area (Å²) in [6.07, 6.45) is 0.698. The van der Waals surface area contributed by atoms with Gasteiger partial charge in [0.2, 0.25) is 0 Å². The third kappa shape index (κ3) is 5.11. The van der Waals surface area contributed by atoms with Gasteiger partial charge in [-0.3, -0.25) is 0 Å². The molecule has 7 heteroatoms. The molecule has 0 atom stereocenters. The normalized spacial score (nSPS) is 11.5. The van der Waals surface area contributed by atoms with Gasteiger partial charge in [0.05, 0.1) is 22.8 Å². The van der Waals surface area contributed by atoms with Crippen LogP contribution in [0, 0.1) is 6.92 Å². The van der Waals surface area contributed by atoms with Crippen LogP contribution in [0.25, 0.3) is 0 Å². The number of ether oxygens (including phenoxy) is 2. The van der Waals surface area contributed by atoms with Gasteiger partial charge in [0.1, 0.15) is 0 Å². The van der Waals surface area contributed by atoms with Crippen LogP contribution in [0.3, 0.4) is 0 Å². The first kappa shape index (κ1) is 17.6. The van der Waals surface area contributed by atoms with E-state index in [2.05, 4.69) is 0 Å². The summed E-state index contributed by atoms with van der Waals surface area (Å²) in [5.41, 5.74) is 0.251. The van der Waals surface area contributed by atoms with Crippen molar-refractivity contribution in [2.24, 2.45) is 0 Å². The molecule has 1 aromatic carbocycles. The maximum absolute atomic E-state index is 12.2. The van der Waals surface area contributed by atoms with Gasteiger partial charge in [-0.1, -0.05) is 6.07 Å². The van der Waals surface area contributed by atoms with Crippen LogP contribution >= 0.6 is 0 Å². The second kappa shape index (κ2) is 8.11. The summed E-state index contributed by atoms with van der Waals surface area (Å²) >= 11 is 0. The molecular formula is C14H20O6S. The smallest absolute Gasteiger partial charge is 0.335 e. The topological polar surface area (TPSA) is 89.9 Å². The Morgan fingerprint density at radius 2 is 1.95 bits per heavy atom. The van der Waals surface area contributed by atoms with Gasteiger partial charge >= 0.3 is 5.97 Å². The molecule has 1 rings (SSSR count). The van der Waals surface area contributed by atoms with Gasteiger partial charge in [-0.05, 0) is 31.0 Å². The summed E-state index contributed by atoms with van der Waals surface area (Å²) in [5, 5.41) is 9.02. The molecule has 0 bridgehead atoms. The molecule has 0 radical (unpaired) electrons. The molecule has 0 amide bonds. The van der Waals surface area contributed by atoms with Crippen molar-refractivity contribution < 1.29 is 27.8 Å². The fourth-order valence-corrected chi connectivity index (χ4v) is 3.29. The lowest BCUT2D eigenvalue weighted by Gasteiger charge is -2.10. The van der Waals surface area contributed by atoms with Gasteiger partial charge in [0.25, 0.3) is 0 Å². The third-order valence-corrected chi connectivity index (χ3v) is 4.80. The number of sulfone groups is 1. The molecule has 0 spiro atoms. The highest BCUT2D eigenvalue weighted by Crippen LogP contribution is 2.20. The summed E-state index contributed by atoms with van der Waals surface area (Å²) in [6, 6.07) is 4.24. The number of hydrogen-bond acceptors (Lipinski definition) is 5. The lowest BCUT2D eigenvalue weighted by atomic mass is 10.1. The molecule has 0 aliphatic heterocycles. The molecule has 0 aromatic heterocycles. The number of hydrogen-bond donors (Lipinski definition) is 1. The molecule has 0 saturated carbocycles. The van der Waals surface area contributed by atoms with Gasteiger partial charge < -0.3 is 14.6 Å². The van der Waals surface area contributed by atoms with Crippen LogP contribution in [-0.2, 0) is 19.3 Å². The second-order valence-corrected chi connectivity index (χ2v) is 6.59. The number of methoxy groups -OCH3 is 1. The van der Waals surface area contributed by atoms with Crippen LogP contribution < -0.4 is 0 Å². The Hall–Kier alpha value is -1.44. The number of rotatable bonds is 9. The summed E-state index contributed by atoms with van der Waals surface area (Å²) in [4.78, 5) is 11.1. The van der Waals surface area contributed by atoms with Crippen molar-refractivity contribution in [3.63, 3.8) is 0 Å². The van der Waals surface area contributed by atoms with Crippen molar-refractivity contribution in [1.29, 1.82) is 0 Å². The number of carboxylic acids is 1. The molecule has 21 heavy (non-hydrogen) atoms. The number of carbonyl (C=O) groups is 1. The summed E-state index contributed by atoms with van der Waals surface area (Å²) in [7, 11) is -1.97. The lowest BCUT2D eigenvalue weighted by molar-refractivity contribution is 0.0696. The Morgan fingerprint density at radius 1 is 1.24 bits per heavy atom. The Morgan fingerprint density at radius 3 is 2.57 bits per heavy atom. The van der Waals surface area contributed by atoms with E-state index in [1.54, 1.807) is 7.11 Å². The average molecular weight is 316 g/mol. The molecule has 118 valence electrons. The van der Waals surface area contributed by atoms with Crippen LogP contribution in [-0.4, -0.2) is 52.2 Å². The first-order valence-corrected chi connectivity index (χ1v) is 8.17. The lowest BCUT2D eigenvalue weighted by Crippen LogP contribution is -2.15. The largest absolute Gasteiger partial charge is 0.478 e. The van der Waals surface area contributed by atoms with Crippen molar-refractivity contribution in [3.05, 3.63) is 29.3 Å². The highest BCUT2D eigenvalue weighted by Gasteiger charge is 2.20. The number of benzene rings is 1. The summed E-state index contributed by atoms with van der Waals surface area (Å²) in [6.45, 7) is 2.56. The van der Waals surface area contributed by atoms with Gasteiger partial charge in [0.15, 0.2) is 9.84 Å². The minimum atomic E-state index is -3.56. The quantitative estimate of drug-likeness (QED) is 0.695. The highest BCUT2D eigenvalue weighted by molar-refractivity contribution is 7.91. The van der Waals surface area contributed by atoms with E-state index >= 15 is 0 Å². The standard InChI is InChI=1S/C14H20O6S/c1-11-12(14(15)16)5-3-6-13(11)21(17,18)10-9-20-8-4-7-19-2/h3,5-6H,4,7-10H2,1-2H3,(H,15,16). The Labute approximate surface area is 124 Å². The molecule has 6 nitrogen and oxygen atoms in total. The first-order chi connectivity index (χ1) is 9.90. The maximum Gasteiger partial charge on any atom is 0.335 e. The SMILES string of the molecule is COCCCOCCS(=O)(=O)c1cccc(C(=O)O)c1C. The van der Waals surface area contributed by atoms with Crippen molar-refractivity contribution >= 4 is 15.8 Å². The van der Waals surface area contributed by atoms with Gasteiger partial charge in [-0.2, -0.15) is 0 Å². The van der Waals surface area contributed by atoms with E-state index in [9.17, 15) is 13.2 Å². The van der Waals surface area contributed by atoms with Gasteiger partial charge in [-0.15, -0.1) is 0 Å². The Balaban J connectivity index is 2.71. The van der Waals surface area contributed by atoms with E-state index in [1.165, 1.54) is 25.1 Å². The van der Waals surface area contributed by atoms with E-state index in [-0.39, 0.29) is 28.4 Å². The van der Waals surface area contributed by atoms with E-state index in [0.29, 0.717) is 19.6 Å². The van der Waals surface area contributed by atoms with Crippen molar-refractivity contribution in [1.82, 2.24) is 0 Å². The van der Waals surface area contributed by atoms with E-state index in [0.717, 1.165) is 0 Å². The monoisotopic (exact) mass is 316 g/mol. The van der Waals surface area contributed by atoms with Crippen molar-refractivity contribution in [2.45, 2.75) is 18.2 Å². The molecule has 0 heterocycles. The average Bonchev–Trinajstić information content (AvgIpc) is 2.42. The molecule has 0 fully saturated rings. The van der Waals surface area contributed by atoms with Crippen LogP contribution in [0.15, 0.2) is 23.1 Å². The summed E-state index contributed by atoms with van der Waals surface area (Å²) < 4.78 is 34.5. The van der Waals surface area contributed by atoms with Crippen molar-refractivity contribution in [3.8, 4) is 0 Å². The van der Waals surface area contributed by atoms with Gasteiger partial charge in [0, 0.05) is 20.3 Å². The summed E-state index contributed by atoms with van der Waals surface area (Å²) in [5.74, 6) is -1.32. The molecular weight excluding hydrogens is 296 g/mol. The number of carboxylic acid groups (broad SMARTS) is 1. The van der Waals surface area contributed by atoms with Crippen molar-refractivity contribution in [2.75, 3.05) is 32.7 Å². The van der Waals surface area contributed by atoms with E-state index in [4.69, 9.17) is 14.6 Å². The highest BCUT2D eigenvalue weighted by atomic mass is 32.2.